The van der Waals surface area contributed by atoms with Crippen molar-refractivity contribution in [3.63, 3.8) is 0 Å². The molecule has 1 saturated heterocycles. The number of primary amides is 1. The zero-order valence-corrected chi connectivity index (χ0v) is 12.0. The molecule has 1 fully saturated rings. The molecule has 11 heteroatoms. The number of aromatic nitrogens is 2. The number of urea groups is 1. The maximum absolute atomic E-state index is 14.2. The maximum atomic E-state index is 14.2. The summed E-state index contributed by atoms with van der Waals surface area (Å²) in [5, 5.41) is 5.58. The molecule has 0 saturated carbocycles. The molecule has 2 aromatic rings. The molecule has 1 aromatic heterocycles. The zero-order chi connectivity index (χ0) is 17.3. The number of benzene rings is 1. The van der Waals surface area contributed by atoms with Gasteiger partial charge in [-0.1, -0.05) is 5.16 Å². The van der Waals surface area contributed by atoms with E-state index in [2.05, 4.69) is 20.0 Å². The van der Waals surface area contributed by atoms with Gasteiger partial charge < -0.3 is 20.3 Å². The summed E-state index contributed by atoms with van der Waals surface area (Å²) >= 11 is 0. The van der Waals surface area contributed by atoms with Crippen molar-refractivity contribution >= 4 is 17.8 Å². The van der Waals surface area contributed by atoms with Crippen LogP contribution in [0.1, 0.15) is 0 Å². The molecule has 1 aromatic carbocycles. The molecule has 3 amide bonds. The Hall–Kier alpha value is -3.24. The topological polar surface area (TPSA) is 124 Å². The molecule has 0 bridgehead atoms. The summed E-state index contributed by atoms with van der Waals surface area (Å²) in [7, 11) is 0. The number of anilines is 1. The van der Waals surface area contributed by atoms with Crippen molar-refractivity contribution in [2.24, 2.45) is 5.73 Å². The van der Waals surface area contributed by atoms with E-state index in [1.165, 1.54) is 0 Å². The minimum Gasteiger partial charge on any atom is -0.442 e. The van der Waals surface area contributed by atoms with Crippen LogP contribution >= 0.6 is 0 Å². The van der Waals surface area contributed by atoms with E-state index in [0.717, 1.165) is 23.4 Å². The zero-order valence-electron chi connectivity index (χ0n) is 12.0. The lowest BCUT2D eigenvalue weighted by Gasteiger charge is -2.14. The second-order valence-electron chi connectivity index (χ2n) is 4.89. The smallest absolute Gasteiger partial charge is 0.414 e. The van der Waals surface area contributed by atoms with Crippen LogP contribution in [-0.4, -0.2) is 41.5 Å². The molecule has 1 aliphatic rings. The highest BCUT2D eigenvalue weighted by Crippen LogP contribution is 2.30. The largest absolute Gasteiger partial charge is 0.442 e. The van der Waals surface area contributed by atoms with E-state index in [1.54, 1.807) is 0 Å². The number of hydrogen-bond acceptors (Lipinski definition) is 6. The highest BCUT2D eigenvalue weighted by atomic mass is 19.1. The van der Waals surface area contributed by atoms with Gasteiger partial charge in [-0.25, -0.2) is 18.4 Å². The number of carbonyl (C=O) groups is 2. The van der Waals surface area contributed by atoms with Gasteiger partial charge in [0.1, 0.15) is 23.3 Å². The standard InChI is InChI=1S/C13H11F2N5O4/c14-8-1-6(2-9(15)10(8)11-18-5-19-24-11)20-4-7(23-13(20)22)3-17-12(16)21/h1-2,5,7H,3-4H2,(H3,16,17,21). The third-order valence-corrected chi connectivity index (χ3v) is 3.29. The fraction of sp³-hybridized carbons (Fsp3) is 0.231. The van der Waals surface area contributed by atoms with Gasteiger partial charge in [-0.15, -0.1) is 0 Å². The van der Waals surface area contributed by atoms with Gasteiger partial charge in [0.15, 0.2) is 6.33 Å². The molecular formula is C13H11F2N5O4. The molecule has 0 radical (unpaired) electrons. The van der Waals surface area contributed by atoms with Crippen LogP contribution in [0.4, 0.5) is 24.1 Å². The Morgan fingerprint density at radius 2 is 2.12 bits per heavy atom. The highest BCUT2D eigenvalue weighted by Gasteiger charge is 2.33. The molecular weight excluding hydrogens is 328 g/mol. The number of rotatable bonds is 4. The van der Waals surface area contributed by atoms with Crippen molar-refractivity contribution in [3.05, 3.63) is 30.1 Å². The van der Waals surface area contributed by atoms with E-state index < -0.39 is 35.4 Å². The Balaban J connectivity index is 1.83. The van der Waals surface area contributed by atoms with Gasteiger partial charge in [-0.05, 0) is 12.1 Å². The average molecular weight is 339 g/mol. The monoisotopic (exact) mass is 339 g/mol. The molecule has 3 rings (SSSR count). The molecule has 2 heterocycles. The molecule has 126 valence electrons. The normalized spacial score (nSPS) is 17.0. The summed E-state index contributed by atoms with van der Waals surface area (Å²) in [6, 6.07) is 1.13. The first-order valence-corrected chi connectivity index (χ1v) is 6.73. The van der Waals surface area contributed by atoms with Crippen molar-refractivity contribution < 1.29 is 27.6 Å². The molecule has 1 unspecified atom stereocenters. The molecule has 3 N–H and O–H groups in total. The first-order chi connectivity index (χ1) is 11.5. The van der Waals surface area contributed by atoms with Crippen molar-refractivity contribution in [2.75, 3.05) is 18.0 Å². The molecule has 9 nitrogen and oxygen atoms in total. The van der Waals surface area contributed by atoms with Crippen LogP contribution in [0.3, 0.4) is 0 Å². The van der Waals surface area contributed by atoms with Gasteiger partial charge in [-0.2, -0.15) is 4.98 Å². The van der Waals surface area contributed by atoms with Crippen LogP contribution in [0.25, 0.3) is 11.5 Å². The van der Waals surface area contributed by atoms with Gasteiger partial charge in [0.2, 0.25) is 0 Å². The Morgan fingerprint density at radius 3 is 2.71 bits per heavy atom. The van der Waals surface area contributed by atoms with Crippen LogP contribution in [0.2, 0.25) is 0 Å². The second kappa shape index (κ2) is 6.10. The van der Waals surface area contributed by atoms with Crippen molar-refractivity contribution in [3.8, 4) is 11.5 Å². The highest BCUT2D eigenvalue weighted by molar-refractivity contribution is 5.90. The average Bonchev–Trinajstić information content (AvgIpc) is 3.14. The SMILES string of the molecule is NC(=O)NCC1CN(c2cc(F)c(-c3ncno3)c(F)c2)C(=O)O1. The lowest BCUT2D eigenvalue weighted by atomic mass is 10.1. The minimum absolute atomic E-state index is 0.00209. The summed E-state index contributed by atoms with van der Waals surface area (Å²) in [6.07, 6.45) is -0.474. The molecule has 1 atom stereocenters. The minimum atomic E-state index is -0.972. The van der Waals surface area contributed by atoms with Crippen LogP contribution < -0.4 is 16.0 Å². The number of nitrogens with zero attached hydrogens (tertiary/aromatic N) is 3. The number of hydrogen-bond donors (Lipinski definition) is 2. The number of nitrogens with two attached hydrogens (primary N) is 1. The van der Waals surface area contributed by atoms with Gasteiger partial charge >= 0.3 is 12.1 Å². The van der Waals surface area contributed by atoms with Crippen molar-refractivity contribution in [1.29, 1.82) is 0 Å². The number of nitrogens with one attached hydrogen (secondary N) is 1. The van der Waals surface area contributed by atoms with E-state index in [0.29, 0.717) is 0 Å². The van der Waals surface area contributed by atoms with E-state index in [9.17, 15) is 18.4 Å². The predicted molar refractivity (Wildman–Crippen MR) is 74.9 cm³/mol. The number of ether oxygens (including phenoxy) is 1. The Morgan fingerprint density at radius 1 is 1.42 bits per heavy atom. The van der Waals surface area contributed by atoms with Crippen molar-refractivity contribution in [2.45, 2.75) is 6.10 Å². The lowest BCUT2D eigenvalue weighted by Crippen LogP contribution is -2.37. The molecule has 0 aliphatic carbocycles. The third kappa shape index (κ3) is 2.95. The quantitative estimate of drug-likeness (QED) is 0.857. The maximum Gasteiger partial charge on any atom is 0.414 e. The molecule has 1 aliphatic heterocycles. The van der Waals surface area contributed by atoms with Gasteiger partial charge in [0.25, 0.3) is 5.89 Å². The first kappa shape index (κ1) is 15.6. The third-order valence-electron chi connectivity index (χ3n) is 3.29. The number of carbonyl (C=O) groups excluding carboxylic acids is 2. The van der Waals surface area contributed by atoms with Gasteiger partial charge in [0, 0.05) is 0 Å². The fourth-order valence-corrected chi connectivity index (χ4v) is 2.26. The van der Waals surface area contributed by atoms with Crippen LogP contribution in [0.15, 0.2) is 23.0 Å². The Bertz CT molecular complexity index is 760. The summed E-state index contributed by atoms with van der Waals surface area (Å²) in [5.74, 6) is -2.26. The Kier molecular flexibility index (Phi) is 3.98. The van der Waals surface area contributed by atoms with E-state index in [4.69, 9.17) is 10.5 Å². The van der Waals surface area contributed by atoms with E-state index in [-0.39, 0.29) is 24.7 Å². The summed E-state index contributed by atoms with van der Waals surface area (Å²) in [6.45, 7) is -0.0134. The number of cyclic esters (lactones) is 1. The fourth-order valence-electron chi connectivity index (χ4n) is 2.26. The van der Waals surface area contributed by atoms with Crippen LogP contribution in [-0.2, 0) is 4.74 Å². The van der Waals surface area contributed by atoms with E-state index >= 15 is 0 Å². The summed E-state index contributed by atoms with van der Waals surface area (Å²) < 4.78 is 38.0. The van der Waals surface area contributed by atoms with Gasteiger partial charge in [-0.3, -0.25) is 4.90 Å². The van der Waals surface area contributed by atoms with Crippen LogP contribution in [0, 0.1) is 11.6 Å². The van der Waals surface area contributed by atoms with Crippen LogP contribution in [0.5, 0.6) is 0 Å². The second-order valence-corrected chi connectivity index (χ2v) is 4.89. The molecule has 0 spiro atoms. The van der Waals surface area contributed by atoms with E-state index in [1.807, 2.05) is 0 Å². The number of amides is 3. The Labute approximate surface area is 133 Å². The van der Waals surface area contributed by atoms with Crippen molar-refractivity contribution in [1.82, 2.24) is 15.5 Å². The molecule has 24 heavy (non-hydrogen) atoms. The summed E-state index contributed by atoms with van der Waals surface area (Å²) in [5.41, 5.74) is 4.40. The lowest BCUT2D eigenvalue weighted by molar-refractivity contribution is 0.141. The van der Waals surface area contributed by atoms with Gasteiger partial charge in [0.05, 0.1) is 18.8 Å². The number of halogens is 2. The summed E-state index contributed by atoms with van der Waals surface area (Å²) in [4.78, 5) is 27.1. The predicted octanol–water partition coefficient (Wildman–Crippen LogP) is 1.01. The first-order valence-electron chi connectivity index (χ1n) is 6.73.